The van der Waals surface area contributed by atoms with Crippen LogP contribution in [0.1, 0.15) is 45.2 Å². The minimum Gasteiger partial charge on any atom is -0.250 e. The van der Waals surface area contributed by atoms with Crippen LogP contribution in [0.3, 0.4) is 0 Å². The molecular formula is C18H27N2+. The van der Waals surface area contributed by atoms with Crippen molar-refractivity contribution in [3.8, 4) is 0 Å². The smallest absolute Gasteiger partial charge is 0.241 e. The van der Waals surface area contributed by atoms with E-state index < -0.39 is 0 Å². The van der Waals surface area contributed by atoms with Crippen molar-refractivity contribution < 1.29 is 4.57 Å². The van der Waals surface area contributed by atoms with Crippen LogP contribution in [-0.4, -0.2) is 4.98 Å². The second-order valence-electron chi connectivity index (χ2n) is 6.01. The van der Waals surface area contributed by atoms with Crippen LogP contribution in [0.2, 0.25) is 0 Å². The summed E-state index contributed by atoms with van der Waals surface area (Å²) in [5, 5.41) is 0. The topological polar surface area (TPSA) is 19.7 Å². The normalized spacial score (nSPS) is 14.4. The lowest BCUT2D eigenvalue weighted by atomic mass is 9.81. The Kier molecular flexibility index (Phi) is 5.40. The van der Waals surface area contributed by atoms with Crippen molar-refractivity contribution >= 4 is 0 Å². The zero-order valence-corrected chi connectivity index (χ0v) is 12.9. The van der Waals surface area contributed by atoms with Gasteiger partial charge in [0.15, 0.2) is 0 Å². The molecule has 0 saturated carbocycles. The largest absolute Gasteiger partial charge is 0.250 e. The molecule has 2 rings (SSSR count). The molecule has 2 heteroatoms. The number of nitrogens with zero attached hydrogens (tertiary/aromatic N) is 1. The molecule has 2 unspecified atom stereocenters. The SMILES string of the molecule is CCCC(C(Cc1ccccc1)C(C)C)[n+]1cc[nH]c1. The summed E-state index contributed by atoms with van der Waals surface area (Å²) in [7, 11) is 0. The summed E-state index contributed by atoms with van der Waals surface area (Å²) in [6.45, 7) is 6.98. The van der Waals surface area contributed by atoms with Gasteiger partial charge in [-0.3, -0.25) is 4.98 Å². The van der Waals surface area contributed by atoms with E-state index in [1.807, 2.05) is 6.20 Å². The lowest BCUT2D eigenvalue weighted by molar-refractivity contribution is -0.730. The quantitative estimate of drug-likeness (QED) is 0.730. The third kappa shape index (κ3) is 3.72. The summed E-state index contributed by atoms with van der Waals surface area (Å²) in [6.07, 6.45) is 9.89. The van der Waals surface area contributed by atoms with Crippen LogP contribution in [0.5, 0.6) is 0 Å². The van der Waals surface area contributed by atoms with Crippen molar-refractivity contribution in [1.82, 2.24) is 4.98 Å². The van der Waals surface area contributed by atoms with Gasteiger partial charge in [0.05, 0.1) is 0 Å². The molecule has 0 aliphatic carbocycles. The lowest BCUT2D eigenvalue weighted by Gasteiger charge is -2.28. The molecule has 0 aliphatic rings. The van der Waals surface area contributed by atoms with Gasteiger partial charge in [0.25, 0.3) is 0 Å². The van der Waals surface area contributed by atoms with Crippen LogP contribution in [-0.2, 0) is 6.42 Å². The fraction of sp³-hybridized carbons (Fsp3) is 0.500. The highest BCUT2D eigenvalue weighted by Crippen LogP contribution is 2.28. The van der Waals surface area contributed by atoms with E-state index in [2.05, 4.69) is 73.2 Å². The molecule has 2 atom stereocenters. The Labute approximate surface area is 122 Å². The maximum absolute atomic E-state index is 3.19. The molecule has 0 amide bonds. The van der Waals surface area contributed by atoms with Crippen molar-refractivity contribution in [3.63, 3.8) is 0 Å². The molecular weight excluding hydrogens is 244 g/mol. The Balaban J connectivity index is 2.21. The second kappa shape index (κ2) is 7.28. The van der Waals surface area contributed by atoms with Crippen molar-refractivity contribution in [2.75, 3.05) is 0 Å². The van der Waals surface area contributed by atoms with Crippen LogP contribution < -0.4 is 4.57 Å². The zero-order chi connectivity index (χ0) is 14.4. The Morgan fingerprint density at radius 1 is 1.15 bits per heavy atom. The van der Waals surface area contributed by atoms with Gasteiger partial charge >= 0.3 is 0 Å². The van der Waals surface area contributed by atoms with E-state index >= 15 is 0 Å². The van der Waals surface area contributed by atoms with E-state index in [0.717, 1.165) is 6.42 Å². The van der Waals surface area contributed by atoms with Gasteiger partial charge in [-0.2, -0.15) is 0 Å². The van der Waals surface area contributed by atoms with Crippen LogP contribution in [0.15, 0.2) is 49.1 Å². The Bertz CT molecular complexity index is 473. The minimum absolute atomic E-state index is 0.575. The van der Waals surface area contributed by atoms with Gasteiger partial charge < -0.3 is 0 Å². The van der Waals surface area contributed by atoms with Crippen molar-refractivity contribution in [3.05, 3.63) is 54.6 Å². The number of benzene rings is 1. The molecule has 2 aromatic rings. The summed E-state index contributed by atoms with van der Waals surface area (Å²) >= 11 is 0. The molecule has 0 radical (unpaired) electrons. The molecule has 0 bridgehead atoms. The highest BCUT2D eigenvalue weighted by Gasteiger charge is 2.28. The van der Waals surface area contributed by atoms with Gasteiger partial charge in [-0.05, 0) is 24.3 Å². The number of nitrogens with one attached hydrogen (secondary N) is 1. The summed E-state index contributed by atoms with van der Waals surface area (Å²) in [4.78, 5) is 3.19. The van der Waals surface area contributed by atoms with Crippen molar-refractivity contribution in [2.24, 2.45) is 11.8 Å². The Morgan fingerprint density at radius 2 is 1.90 bits per heavy atom. The van der Waals surface area contributed by atoms with E-state index in [1.165, 1.54) is 18.4 Å². The van der Waals surface area contributed by atoms with Gasteiger partial charge in [-0.1, -0.05) is 57.5 Å². The summed E-state index contributed by atoms with van der Waals surface area (Å²) in [6, 6.07) is 11.5. The third-order valence-corrected chi connectivity index (χ3v) is 4.20. The van der Waals surface area contributed by atoms with Crippen LogP contribution in [0, 0.1) is 11.8 Å². The Hall–Kier alpha value is -1.57. The van der Waals surface area contributed by atoms with Crippen LogP contribution in [0.25, 0.3) is 0 Å². The Morgan fingerprint density at radius 3 is 2.45 bits per heavy atom. The fourth-order valence-electron chi connectivity index (χ4n) is 3.09. The number of hydrogen-bond donors (Lipinski definition) is 1. The summed E-state index contributed by atoms with van der Waals surface area (Å²) in [5.41, 5.74) is 1.45. The second-order valence-corrected chi connectivity index (χ2v) is 6.01. The van der Waals surface area contributed by atoms with Crippen LogP contribution in [0.4, 0.5) is 0 Å². The molecule has 1 aromatic carbocycles. The van der Waals surface area contributed by atoms with Gasteiger partial charge in [-0.15, -0.1) is 0 Å². The molecule has 1 heterocycles. The monoisotopic (exact) mass is 271 g/mol. The molecule has 1 aromatic heterocycles. The first kappa shape index (κ1) is 14.8. The minimum atomic E-state index is 0.575. The standard InChI is InChI=1S/C18H26N2/c1-4-8-18(20-12-11-19-14-20)17(15(2)3)13-16-9-6-5-7-10-16/h5-7,9-12,14-15,17-18H,4,8,13H2,1-3H3/p+1. The first-order valence-electron chi connectivity index (χ1n) is 7.79. The first-order valence-corrected chi connectivity index (χ1v) is 7.79. The number of aromatic nitrogens is 2. The molecule has 0 saturated heterocycles. The zero-order valence-electron chi connectivity index (χ0n) is 12.9. The highest BCUT2D eigenvalue weighted by molar-refractivity contribution is 5.15. The molecule has 108 valence electrons. The first-order chi connectivity index (χ1) is 9.72. The number of hydrogen-bond acceptors (Lipinski definition) is 0. The van der Waals surface area contributed by atoms with Gasteiger partial charge in [0.2, 0.25) is 6.33 Å². The van der Waals surface area contributed by atoms with E-state index in [-0.39, 0.29) is 0 Å². The average Bonchev–Trinajstić information content (AvgIpc) is 2.97. The van der Waals surface area contributed by atoms with Gasteiger partial charge in [0.1, 0.15) is 18.4 Å². The van der Waals surface area contributed by atoms with Crippen LogP contribution >= 0.6 is 0 Å². The third-order valence-electron chi connectivity index (χ3n) is 4.20. The van der Waals surface area contributed by atoms with E-state index in [4.69, 9.17) is 0 Å². The number of aromatic amines is 1. The van der Waals surface area contributed by atoms with E-state index in [9.17, 15) is 0 Å². The predicted octanol–water partition coefficient (Wildman–Crippen LogP) is 4.16. The predicted molar refractivity (Wildman–Crippen MR) is 83.4 cm³/mol. The molecule has 1 N–H and O–H groups in total. The van der Waals surface area contributed by atoms with E-state index in [1.54, 1.807) is 0 Å². The number of H-pyrrole nitrogens is 1. The summed E-state index contributed by atoms with van der Waals surface area (Å²) in [5.74, 6) is 1.34. The van der Waals surface area contributed by atoms with Crippen molar-refractivity contribution in [2.45, 2.75) is 46.1 Å². The number of rotatable bonds is 7. The molecule has 0 fully saturated rings. The highest BCUT2D eigenvalue weighted by atomic mass is 15.1. The number of imidazole rings is 1. The van der Waals surface area contributed by atoms with Gasteiger partial charge in [-0.25, -0.2) is 4.57 Å². The van der Waals surface area contributed by atoms with Crippen molar-refractivity contribution in [1.29, 1.82) is 0 Å². The molecule has 0 spiro atoms. The molecule has 20 heavy (non-hydrogen) atoms. The molecule has 0 aliphatic heterocycles. The lowest BCUT2D eigenvalue weighted by Crippen LogP contribution is -2.44. The summed E-state index contributed by atoms with van der Waals surface area (Å²) < 4.78 is 2.36. The van der Waals surface area contributed by atoms with E-state index in [0.29, 0.717) is 17.9 Å². The fourth-order valence-corrected chi connectivity index (χ4v) is 3.09. The maximum Gasteiger partial charge on any atom is 0.241 e. The molecule has 2 nitrogen and oxygen atoms in total. The maximum atomic E-state index is 3.19. The average molecular weight is 271 g/mol. The van der Waals surface area contributed by atoms with Gasteiger partial charge in [0, 0.05) is 5.92 Å².